The molecule has 1 heterocycles. The van der Waals surface area contributed by atoms with E-state index >= 15 is 0 Å². The lowest BCUT2D eigenvalue weighted by atomic mass is 10.1. The molecule has 98 valence electrons. The molecule has 0 spiro atoms. The van der Waals surface area contributed by atoms with E-state index in [4.69, 9.17) is 9.47 Å². The Kier molecular flexibility index (Phi) is 4.54. The average Bonchev–Trinajstić information content (AvgIpc) is 2.58. The smallest absolute Gasteiger partial charge is 0.408 e. The van der Waals surface area contributed by atoms with E-state index in [9.17, 15) is 9.90 Å². The molecule has 0 unspecified atom stereocenters. The first-order chi connectivity index (χ1) is 7.81. The van der Waals surface area contributed by atoms with E-state index in [2.05, 4.69) is 5.32 Å². The SMILES string of the molecule is C[C@H]1C=C[C@H]([C@@H](CO)NC(=O)OC(C)(C)C)O1. The molecular weight excluding hydrogens is 222 g/mol. The fourth-order valence-electron chi connectivity index (χ4n) is 1.52. The maximum atomic E-state index is 11.5. The van der Waals surface area contributed by atoms with Crippen LogP contribution >= 0.6 is 0 Å². The average molecular weight is 243 g/mol. The van der Waals surface area contributed by atoms with Crippen molar-refractivity contribution in [2.75, 3.05) is 6.61 Å². The molecule has 0 saturated carbocycles. The maximum absolute atomic E-state index is 11.5. The van der Waals surface area contributed by atoms with E-state index < -0.39 is 17.7 Å². The van der Waals surface area contributed by atoms with Crippen molar-refractivity contribution in [1.82, 2.24) is 5.32 Å². The molecule has 0 aromatic carbocycles. The monoisotopic (exact) mass is 243 g/mol. The number of aliphatic hydroxyl groups excluding tert-OH is 1. The van der Waals surface area contributed by atoms with Crippen molar-refractivity contribution in [2.24, 2.45) is 0 Å². The molecule has 0 saturated heterocycles. The van der Waals surface area contributed by atoms with E-state index in [1.54, 1.807) is 20.8 Å². The number of carbonyl (C=O) groups is 1. The van der Waals surface area contributed by atoms with Crippen molar-refractivity contribution < 1.29 is 19.4 Å². The van der Waals surface area contributed by atoms with Crippen molar-refractivity contribution in [2.45, 2.75) is 51.5 Å². The normalized spacial score (nSPS) is 25.7. The summed E-state index contributed by atoms with van der Waals surface area (Å²) in [4.78, 5) is 11.5. The molecular formula is C12H21NO4. The van der Waals surface area contributed by atoms with Gasteiger partial charge in [-0.25, -0.2) is 4.79 Å². The highest BCUT2D eigenvalue weighted by atomic mass is 16.6. The lowest BCUT2D eigenvalue weighted by Crippen LogP contribution is -2.47. The quantitative estimate of drug-likeness (QED) is 0.731. The Morgan fingerprint density at radius 2 is 2.18 bits per heavy atom. The second-order valence-electron chi connectivity index (χ2n) is 5.13. The Balaban J connectivity index is 2.47. The second kappa shape index (κ2) is 5.51. The fourth-order valence-corrected chi connectivity index (χ4v) is 1.52. The van der Waals surface area contributed by atoms with Gasteiger partial charge in [-0.1, -0.05) is 12.2 Å². The van der Waals surface area contributed by atoms with E-state index in [1.807, 2.05) is 19.1 Å². The van der Waals surface area contributed by atoms with Gasteiger partial charge in [0.05, 0.1) is 24.9 Å². The van der Waals surface area contributed by atoms with Crippen molar-refractivity contribution in [3.8, 4) is 0 Å². The highest BCUT2D eigenvalue weighted by Gasteiger charge is 2.27. The summed E-state index contributed by atoms with van der Waals surface area (Å²) in [7, 11) is 0. The minimum atomic E-state index is -0.552. The molecule has 0 aliphatic carbocycles. The van der Waals surface area contributed by atoms with Crippen LogP contribution in [0.25, 0.3) is 0 Å². The van der Waals surface area contributed by atoms with Gasteiger partial charge in [0, 0.05) is 0 Å². The molecule has 1 aliphatic heterocycles. The van der Waals surface area contributed by atoms with Gasteiger partial charge < -0.3 is 19.9 Å². The van der Waals surface area contributed by atoms with Crippen LogP contribution in [0.4, 0.5) is 4.79 Å². The van der Waals surface area contributed by atoms with Gasteiger partial charge in [-0.2, -0.15) is 0 Å². The van der Waals surface area contributed by atoms with Crippen LogP contribution in [0.3, 0.4) is 0 Å². The van der Waals surface area contributed by atoms with E-state index in [0.717, 1.165) is 0 Å². The Morgan fingerprint density at radius 3 is 2.59 bits per heavy atom. The lowest BCUT2D eigenvalue weighted by molar-refractivity contribution is 0.0164. The Labute approximate surface area is 102 Å². The van der Waals surface area contributed by atoms with Crippen LogP contribution in [-0.2, 0) is 9.47 Å². The highest BCUT2D eigenvalue weighted by Crippen LogP contribution is 2.14. The first kappa shape index (κ1) is 14.0. The van der Waals surface area contributed by atoms with Gasteiger partial charge in [-0.15, -0.1) is 0 Å². The zero-order valence-electron chi connectivity index (χ0n) is 10.8. The lowest BCUT2D eigenvalue weighted by Gasteiger charge is -2.25. The van der Waals surface area contributed by atoms with Gasteiger partial charge in [0.25, 0.3) is 0 Å². The van der Waals surface area contributed by atoms with Gasteiger partial charge >= 0.3 is 6.09 Å². The van der Waals surface area contributed by atoms with Crippen LogP contribution in [0.5, 0.6) is 0 Å². The largest absolute Gasteiger partial charge is 0.444 e. The molecule has 1 rings (SSSR count). The number of aliphatic hydroxyl groups is 1. The summed E-state index contributed by atoms with van der Waals surface area (Å²) in [6.07, 6.45) is 2.89. The summed E-state index contributed by atoms with van der Waals surface area (Å²) in [6.45, 7) is 7.07. The zero-order chi connectivity index (χ0) is 13.1. The van der Waals surface area contributed by atoms with Crippen LogP contribution in [0.15, 0.2) is 12.2 Å². The molecule has 2 N–H and O–H groups in total. The molecule has 0 fully saturated rings. The molecule has 0 bridgehead atoms. The van der Waals surface area contributed by atoms with Crippen LogP contribution in [-0.4, -0.2) is 41.7 Å². The zero-order valence-corrected chi connectivity index (χ0v) is 10.8. The molecule has 0 radical (unpaired) electrons. The van der Waals surface area contributed by atoms with Gasteiger partial charge in [0.1, 0.15) is 5.60 Å². The number of amides is 1. The summed E-state index contributed by atoms with van der Waals surface area (Å²) in [6, 6.07) is -0.481. The minimum Gasteiger partial charge on any atom is -0.444 e. The molecule has 3 atom stereocenters. The number of carbonyl (C=O) groups excluding carboxylic acids is 1. The first-order valence-corrected chi connectivity index (χ1v) is 5.76. The van der Waals surface area contributed by atoms with E-state index in [1.165, 1.54) is 0 Å². The molecule has 17 heavy (non-hydrogen) atoms. The number of hydrogen-bond donors (Lipinski definition) is 2. The summed E-state index contributed by atoms with van der Waals surface area (Å²) >= 11 is 0. The molecule has 1 aliphatic rings. The summed E-state index contributed by atoms with van der Waals surface area (Å²) in [5.74, 6) is 0. The Hall–Kier alpha value is -1.07. The van der Waals surface area contributed by atoms with Crippen molar-refractivity contribution in [1.29, 1.82) is 0 Å². The van der Waals surface area contributed by atoms with E-state index in [-0.39, 0.29) is 18.8 Å². The predicted molar refractivity (Wildman–Crippen MR) is 63.7 cm³/mol. The second-order valence-corrected chi connectivity index (χ2v) is 5.13. The number of hydrogen-bond acceptors (Lipinski definition) is 4. The number of alkyl carbamates (subject to hydrolysis) is 1. The van der Waals surface area contributed by atoms with Crippen LogP contribution in [0, 0.1) is 0 Å². The number of ether oxygens (including phenoxy) is 2. The summed E-state index contributed by atoms with van der Waals surface area (Å²) in [5, 5.41) is 11.8. The van der Waals surface area contributed by atoms with Crippen LogP contribution in [0.2, 0.25) is 0 Å². The van der Waals surface area contributed by atoms with Gasteiger partial charge in [-0.3, -0.25) is 0 Å². The molecule has 0 aromatic rings. The Morgan fingerprint density at radius 1 is 1.53 bits per heavy atom. The first-order valence-electron chi connectivity index (χ1n) is 5.76. The molecule has 0 aromatic heterocycles. The summed E-state index contributed by atoms with van der Waals surface area (Å²) < 4.78 is 10.6. The Bertz CT molecular complexity index is 295. The van der Waals surface area contributed by atoms with Gasteiger partial charge in [-0.05, 0) is 27.7 Å². The third kappa shape index (κ3) is 4.75. The standard InChI is InChI=1S/C12H21NO4/c1-8-5-6-10(16-8)9(7-14)13-11(15)17-12(2,3)4/h5-6,8-10,14H,7H2,1-4H3,(H,13,15)/t8-,9+,10+/m0/s1. The number of rotatable bonds is 3. The molecule has 1 amide bonds. The van der Waals surface area contributed by atoms with Crippen LogP contribution in [0.1, 0.15) is 27.7 Å². The van der Waals surface area contributed by atoms with Crippen LogP contribution < -0.4 is 5.32 Å². The van der Waals surface area contributed by atoms with Crippen molar-refractivity contribution in [3.05, 3.63) is 12.2 Å². The summed E-state index contributed by atoms with van der Waals surface area (Å²) in [5.41, 5.74) is -0.552. The van der Waals surface area contributed by atoms with Gasteiger partial charge in [0.15, 0.2) is 0 Å². The highest BCUT2D eigenvalue weighted by molar-refractivity contribution is 5.68. The van der Waals surface area contributed by atoms with Crippen molar-refractivity contribution in [3.63, 3.8) is 0 Å². The maximum Gasteiger partial charge on any atom is 0.408 e. The third-order valence-electron chi connectivity index (χ3n) is 2.24. The van der Waals surface area contributed by atoms with Crippen molar-refractivity contribution >= 4 is 6.09 Å². The molecule has 5 nitrogen and oxygen atoms in total. The molecule has 5 heteroatoms. The van der Waals surface area contributed by atoms with Gasteiger partial charge in [0.2, 0.25) is 0 Å². The topological polar surface area (TPSA) is 67.8 Å². The number of nitrogens with one attached hydrogen (secondary N) is 1. The minimum absolute atomic E-state index is 0.00878. The third-order valence-corrected chi connectivity index (χ3v) is 2.24. The fraction of sp³-hybridized carbons (Fsp3) is 0.750. The van der Waals surface area contributed by atoms with E-state index in [0.29, 0.717) is 0 Å². The predicted octanol–water partition coefficient (Wildman–Crippen LogP) is 1.22.